The Labute approximate surface area is 109 Å². The van der Waals surface area contributed by atoms with Crippen molar-refractivity contribution in [1.82, 2.24) is 9.55 Å². The van der Waals surface area contributed by atoms with Crippen LogP contribution >= 0.6 is 0 Å². The maximum atomic E-state index is 11.9. The molecule has 0 radical (unpaired) electrons. The van der Waals surface area contributed by atoms with Gasteiger partial charge in [0.15, 0.2) is 5.82 Å². The van der Waals surface area contributed by atoms with Crippen LogP contribution in [0.15, 0.2) is 41.5 Å². The van der Waals surface area contributed by atoms with Gasteiger partial charge in [0.2, 0.25) is 0 Å². The van der Waals surface area contributed by atoms with Gasteiger partial charge in [-0.3, -0.25) is 4.79 Å². The van der Waals surface area contributed by atoms with Gasteiger partial charge < -0.3 is 15.0 Å². The Bertz CT molecular complexity index is 664. The molecule has 0 amide bonds. The second kappa shape index (κ2) is 5.34. The van der Waals surface area contributed by atoms with E-state index in [4.69, 9.17) is 5.11 Å². The van der Waals surface area contributed by atoms with Gasteiger partial charge in [-0.15, -0.1) is 0 Å². The molecule has 0 aliphatic carbocycles. The quantitative estimate of drug-likeness (QED) is 0.873. The van der Waals surface area contributed by atoms with Gasteiger partial charge in [-0.25, -0.2) is 9.78 Å². The largest absolute Gasteiger partial charge is 0.478 e. The second-order valence-corrected chi connectivity index (χ2v) is 3.88. The molecule has 0 bridgehead atoms. The van der Waals surface area contributed by atoms with Gasteiger partial charge in [-0.1, -0.05) is 6.07 Å². The lowest BCUT2D eigenvalue weighted by Crippen LogP contribution is -2.22. The minimum Gasteiger partial charge on any atom is -0.478 e. The molecule has 2 N–H and O–H groups in total. The number of rotatable bonds is 4. The molecule has 0 unspecified atom stereocenters. The van der Waals surface area contributed by atoms with Gasteiger partial charge in [0.05, 0.1) is 5.56 Å². The first-order chi connectivity index (χ1) is 9.11. The second-order valence-electron chi connectivity index (χ2n) is 3.88. The zero-order valence-electron chi connectivity index (χ0n) is 10.3. The van der Waals surface area contributed by atoms with E-state index in [1.54, 1.807) is 18.3 Å². The van der Waals surface area contributed by atoms with Gasteiger partial charge >= 0.3 is 5.97 Å². The van der Waals surface area contributed by atoms with Crippen molar-refractivity contribution in [2.45, 2.75) is 13.5 Å². The lowest BCUT2D eigenvalue weighted by molar-refractivity contribution is 0.0697. The summed E-state index contributed by atoms with van der Waals surface area (Å²) in [6.07, 6.45) is 3.12. The number of carboxylic acids is 1. The van der Waals surface area contributed by atoms with Crippen molar-refractivity contribution in [3.63, 3.8) is 0 Å². The smallest absolute Gasteiger partial charge is 0.335 e. The van der Waals surface area contributed by atoms with E-state index < -0.39 is 5.97 Å². The molecule has 6 heteroatoms. The Morgan fingerprint density at radius 1 is 1.47 bits per heavy atom. The predicted octanol–water partition coefficient (Wildman–Crippen LogP) is 1.70. The SMILES string of the molecule is CCn1ccnc(Nc2cccc(C(=O)O)c2)c1=O. The van der Waals surface area contributed by atoms with E-state index in [9.17, 15) is 9.59 Å². The number of aromatic nitrogens is 2. The summed E-state index contributed by atoms with van der Waals surface area (Å²) in [5.41, 5.74) is 0.417. The van der Waals surface area contributed by atoms with E-state index in [0.29, 0.717) is 12.2 Å². The highest BCUT2D eigenvalue weighted by atomic mass is 16.4. The average molecular weight is 259 g/mol. The summed E-state index contributed by atoms with van der Waals surface area (Å²) in [5, 5.41) is 11.7. The van der Waals surface area contributed by atoms with Gasteiger partial charge in [-0.05, 0) is 25.1 Å². The van der Waals surface area contributed by atoms with Crippen molar-refractivity contribution in [2.75, 3.05) is 5.32 Å². The fourth-order valence-electron chi connectivity index (χ4n) is 1.65. The number of anilines is 2. The molecule has 0 fully saturated rings. The Balaban J connectivity index is 2.34. The molecule has 6 nitrogen and oxygen atoms in total. The zero-order valence-corrected chi connectivity index (χ0v) is 10.3. The monoisotopic (exact) mass is 259 g/mol. The Hall–Kier alpha value is -2.63. The number of hydrogen-bond donors (Lipinski definition) is 2. The molecule has 1 aromatic heterocycles. The van der Waals surface area contributed by atoms with Crippen molar-refractivity contribution in [2.24, 2.45) is 0 Å². The Kier molecular flexibility index (Phi) is 3.61. The van der Waals surface area contributed by atoms with E-state index in [1.165, 1.54) is 22.9 Å². The molecule has 2 aromatic rings. The molecule has 0 spiro atoms. The van der Waals surface area contributed by atoms with Crippen LogP contribution in [0, 0.1) is 0 Å². The summed E-state index contributed by atoms with van der Waals surface area (Å²) in [6, 6.07) is 6.22. The number of benzene rings is 1. The van der Waals surface area contributed by atoms with Crippen LogP contribution in [0.25, 0.3) is 0 Å². The lowest BCUT2D eigenvalue weighted by atomic mass is 10.2. The van der Waals surface area contributed by atoms with Gasteiger partial charge in [0, 0.05) is 24.6 Å². The average Bonchev–Trinajstić information content (AvgIpc) is 2.41. The van der Waals surface area contributed by atoms with Crippen molar-refractivity contribution in [1.29, 1.82) is 0 Å². The van der Waals surface area contributed by atoms with Crippen LogP contribution in [0.3, 0.4) is 0 Å². The molecule has 0 aliphatic heterocycles. The molecule has 0 atom stereocenters. The summed E-state index contributed by atoms with van der Waals surface area (Å²) in [6.45, 7) is 2.40. The topological polar surface area (TPSA) is 84.2 Å². The predicted molar refractivity (Wildman–Crippen MR) is 70.9 cm³/mol. The molecule has 19 heavy (non-hydrogen) atoms. The normalized spacial score (nSPS) is 10.2. The maximum absolute atomic E-state index is 11.9. The van der Waals surface area contributed by atoms with Crippen LogP contribution < -0.4 is 10.9 Å². The van der Waals surface area contributed by atoms with Crippen LogP contribution in [0.2, 0.25) is 0 Å². The van der Waals surface area contributed by atoms with Gasteiger partial charge in [0.25, 0.3) is 5.56 Å². The summed E-state index contributed by atoms with van der Waals surface area (Å²) < 4.78 is 1.51. The van der Waals surface area contributed by atoms with Crippen LogP contribution in [0.5, 0.6) is 0 Å². The van der Waals surface area contributed by atoms with Gasteiger partial charge in [0.1, 0.15) is 0 Å². The summed E-state index contributed by atoms with van der Waals surface area (Å²) in [7, 11) is 0. The highest BCUT2D eigenvalue weighted by Crippen LogP contribution is 2.13. The first kappa shape index (κ1) is 12.8. The number of carboxylic acid groups (broad SMARTS) is 1. The molecular weight excluding hydrogens is 246 g/mol. The molecule has 0 aliphatic rings. The minimum atomic E-state index is -1.02. The highest BCUT2D eigenvalue weighted by Gasteiger charge is 2.06. The molecule has 1 aromatic carbocycles. The summed E-state index contributed by atoms with van der Waals surface area (Å²) in [4.78, 5) is 26.8. The van der Waals surface area contributed by atoms with Crippen LogP contribution in [0.4, 0.5) is 11.5 Å². The van der Waals surface area contributed by atoms with Crippen molar-refractivity contribution >= 4 is 17.5 Å². The number of aryl methyl sites for hydroxylation is 1. The van der Waals surface area contributed by atoms with E-state index in [0.717, 1.165) is 0 Å². The zero-order chi connectivity index (χ0) is 13.8. The molecule has 2 rings (SSSR count). The third-order valence-corrected chi connectivity index (χ3v) is 2.63. The molecule has 98 valence electrons. The number of nitrogens with one attached hydrogen (secondary N) is 1. The Morgan fingerprint density at radius 2 is 2.26 bits per heavy atom. The fourth-order valence-corrected chi connectivity index (χ4v) is 1.65. The Morgan fingerprint density at radius 3 is 2.95 bits per heavy atom. The third-order valence-electron chi connectivity index (χ3n) is 2.63. The standard InChI is InChI=1S/C13H13N3O3/c1-2-16-7-6-14-11(12(16)17)15-10-5-3-4-9(8-10)13(18)19/h3-8H,2H2,1H3,(H,14,15)(H,18,19). The van der Waals surface area contributed by atoms with Crippen molar-refractivity contribution < 1.29 is 9.90 Å². The first-order valence-electron chi connectivity index (χ1n) is 5.77. The molecule has 0 saturated carbocycles. The van der Waals surface area contributed by atoms with Gasteiger partial charge in [-0.2, -0.15) is 0 Å². The van der Waals surface area contributed by atoms with E-state index in [1.807, 2.05) is 6.92 Å². The van der Waals surface area contributed by atoms with Crippen LogP contribution in [-0.2, 0) is 6.54 Å². The number of aromatic carboxylic acids is 1. The van der Waals surface area contributed by atoms with Crippen LogP contribution in [-0.4, -0.2) is 20.6 Å². The number of carbonyl (C=O) groups is 1. The van der Waals surface area contributed by atoms with Crippen molar-refractivity contribution in [3.05, 3.63) is 52.6 Å². The number of hydrogen-bond acceptors (Lipinski definition) is 4. The maximum Gasteiger partial charge on any atom is 0.335 e. The third kappa shape index (κ3) is 2.79. The molecular formula is C13H13N3O3. The molecule has 1 heterocycles. The van der Waals surface area contributed by atoms with E-state index in [-0.39, 0.29) is 16.9 Å². The number of nitrogens with zero attached hydrogens (tertiary/aromatic N) is 2. The minimum absolute atomic E-state index is 0.150. The van der Waals surface area contributed by atoms with E-state index in [2.05, 4.69) is 10.3 Å². The highest BCUT2D eigenvalue weighted by molar-refractivity contribution is 5.89. The van der Waals surface area contributed by atoms with E-state index >= 15 is 0 Å². The fraction of sp³-hybridized carbons (Fsp3) is 0.154. The van der Waals surface area contributed by atoms with Crippen molar-refractivity contribution in [3.8, 4) is 0 Å². The van der Waals surface area contributed by atoms with Crippen LogP contribution in [0.1, 0.15) is 17.3 Å². The first-order valence-corrected chi connectivity index (χ1v) is 5.77. The lowest BCUT2D eigenvalue weighted by Gasteiger charge is -2.07. The summed E-state index contributed by atoms with van der Waals surface area (Å²) in [5.74, 6) is -0.845. The summed E-state index contributed by atoms with van der Waals surface area (Å²) >= 11 is 0. The molecule has 0 saturated heterocycles.